The number of hydrogen-bond donors (Lipinski definition) is 1. The fourth-order valence-corrected chi connectivity index (χ4v) is 2.31. The third-order valence-corrected chi connectivity index (χ3v) is 3.51. The molecule has 0 amide bonds. The van der Waals surface area contributed by atoms with E-state index in [4.69, 9.17) is 4.74 Å². The van der Waals surface area contributed by atoms with Crippen molar-refractivity contribution >= 4 is 15.9 Å². The normalized spacial score (nSPS) is 10.6. The molecule has 0 aliphatic rings. The lowest BCUT2D eigenvalue weighted by Crippen LogP contribution is -2.05. The molecule has 2 rings (SSSR count). The summed E-state index contributed by atoms with van der Waals surface area (Å²) >= 11 is 3.45. The van der Waals surface area contributed by atoms with E-state index in [1.165, 1.54) is 0 Å². The summed E-state index contributed by atoms with van der Waals surface area (Å²) in [5.41, 5.74) is 1.99. The second kappa shape index (κ2) is 6.81. The Kier molecular flexibility index (Phi) is 5.09. The first kappa shape index (κ1) is 14.9. The molecule has 0 heterocycles. The lowest BCUT2D eigenvalue weighted by molar-refractivity contribution is 0.288. The zero-order chi connectivity index (χ0) is 14.5. The minimum absolute atomic E-state index is 0.0869. The summed E-state index contributed by atoms with van der Waals surface area (Å²) in [6.45, 7) is 0.930. The van der Waals surface area contributed by atoms with Gasteiger partial charge in [-0.2, -0.15) is 0 Å². The fraction of sp³-hybridized carbons (Fsp3) is 0.200. The maximum atomic E-state index is 13.4. The first-order chi connectivity index (χ1) is 9.60. The number of ether oxygens (including phenoxy) is 1. The number of rotatable bonds is 5. The zero-order valence-electron chi connectivity index (χ0n) is 10.9. The highest BCUT2D eigenvalue weighted by atomic mass is 79.9. The van der Waals surface area contributed by atoms with Gasteiger partial charge in [0.05, 0.1) is 0 Å². The maximum Gasteiger partial charge on any atom is 0.165 e. The van der Waals surface area contributed by atoms with Gasteiger partial charge in [-0.15, -0.1) is 0 Å². The summed E-state index contributed by atoms with van der Waals surface area (Å²) < 4.78 is 32.7. The third kappa shape index (κ3) is 3.77. The van der Waals surface area contributed by atoms with Crippen molar-refractivity contribution in [1.82, 2.24) is 5.32 Å². The lowest BCUT2D eigenvalue weighted by Gasteiger charge is -2.10. The van der Waals surface area contributed by atoms with Crippen LogP contribution < -0.4 is 10.1 Å². The van der Waals surface area contributed by atoms with Crippen LogP contribution in [0.2, 0.25) is 0 Å². The largest absolute Gasteiger partial charge is 0.486 e. The first-order valence-electron chi connectivity index (χ1n) is 6.10. The van der Waals surface area contributed by atoms with Gasteiger partial charge >= 0.3 is 0 Å². The molecule has 0 spiro atoms. The monoisotopic (exact) mass is 341 g/mol. The number of halogens is 3. The Labute approximate surface area is 124 Å². The summed E-state index contributed by atoms with van der Waals surface area (Å²) in [4.78, 5) is 0. The molecular weight excluding hydrogens is 328 g/mol. The van der Waals surface area contributed by atoms with Crippen LogP contribution in [0, 0.1) is 11.6 Å². The minimum atomic E-state index is -0.575. The van der Waals surface area contributed by atoms with Crippen molar-refractivity contribution in [2.75, 3.05) is 7.05 Å². The summed E-state index contributed by atoms with van der Waals surface area (Å²) in [6.07, 6.45) is 0. The average Bonchev–Trinajstić information content (AvgIpc) is 2.42. The van der Waals surface area contributed by atoms with E-state index >= 15 is 0 Å². The van der Waals surface area contributed by atoms with Crippen molar-refractivity contribution in [1.29, 1.82) is 0 Å². The van der Waals surface area contributed by atoms with Gasteiger partial charge < -0.3 is 10.1 Å². The van der Waals surface area contributed by atoms with Crippen molar-refractivity contribution < 1.29 is 13.5 Å². The first-order valence-corrected chi connectivity index (χ1v) is 6.89. The van der Waals surface area contributed by atoms with E-state index in [1.807, 2.05) is 25.2 Å². The highest BCUT2D eigenvalue weighted by molar-refractivity contribution is 9.10. The number of benzene rings is 2. The molecule has 0 unspecified atom stereocenters. The van der Waals surface area contributed by atoms with E-state index < -0.39 is 11.6 Å². The second-order valence-electron chi connectivity index (χ2n) is 4.32. The molecule has 0 saturated carbocycles. The van der Waals surface area contributed by atoms with Gasteiger partial charge in [-0.25, -0.2) is 8.78 Å². The van der Waals surface area contributed by atoms with E-state index in [1.54, 1.807) is 0 Å². The van der Waals surface area contributed by atoms with Gasteiger partial charge in [-0.3, -0.25) is 0 Å². The minimum Gasteiger partial charge on any atom is -0.486 e. The van der Waals surface area contributed by atoms with Crippen molar-refractivity contribution in [3.63, 3.8) is 0 Å². The van der Waals surface area contributed by atoms with Gasteiger partial charge in [0.2, 0.25) is 0 Å². The van der Waals surface area contributed by atoms with Gasteiger partial charge in [0.25, 0.3) is 0 Å². The molecule has 0 aromatic heterocycles. The van der Waals surface area contributed by atoms with Crippen LogP contribution in [0.1, 0.15) is 11.1 Å². The van der Waals surface area contributed by atoms with Crippen LogP contribution in [-0.4, -0.2) is 7.05 Å². The quantitative estimate of drug-likeness (QED) is 0.886. The summed E-state index contributed by atoms with van der Waals surface area (Å²) in [6, 6.07) is 8.98. The predicted molar refractivity (Wildman–Crippen MR) is 77.6 cm³/mol. The average molecular weight is 342 g/mol. The summed E-state index contributed by atoms with van der Waals surface area (Å²) in [7, 11) is 1.87. The summed E-state index contributed by atoms with van der Waals surface area (Å²) in [5.74, 6) is -1.18. The molecule has 0 aliphatic carbocycles. The van der Waals surface area contributed by atoms with Crippen molar-refractivity contribution in [2.24, 2.45) is 0 Å². The SMILES string of the molecule is CNCc1ccc(COc2cc(F)ccc2F)c(Br)c1. The van der Waals surface area contributed by atoms with Crippen LogP contribution in [0.25, 0.3) is 0 Å². The highest BCUT2D eigenvalue weighted by Crippen LogP contribution is 2.23. The van der Waals surface area contributed by atoms with Crippen molar-refractivity contribution in [3.05, 3.63) is 63.6 Å². The molecule has 20 heavy (non-hydrogen) atoms. The Hall–Kier alpha value is -1.46. The number of hydrogen-bond acceptors (Lipinski definition) is 2. The topological polar surface area (TPSA) is 21.3 Å². The number of nitrogens with one attached hydrogen (secondary N) is 1. The third-order valence-electron chi connectivity index (χ3n) is 2.77. The van der Waals surface area contributed by atoms with Crippen molar-refractivity contribution in [3.8, 4) is 5.75 Å². The molecule has 1 N–H and O–H groups in total. The van der Waals surface area contributed by atoms with E-state index in [-0.39, 0.29) is 12.4 Å². The zero-order valence-corrected chi connectivity index (χ0v) is 12.5. The van der Waals surface area contributed by atoms with Crippen LogP contribution in [0.15, 0.2) is 40.9 Å². The molecule has 0 atom stereocenters. The second-order valence-corrected chi connectivity index (χ2v) is 5.17. The molecule has 2 aromatic carbocycles. The molecule has 0 radical (unpaired) electrons. The Balaban J connectivity index is 2.09. The molecule has 0 bridgehead atoms. The molecule has 5 heteroatoms. The molecule has 0 saturated heterocycles. The van der Waals surface area contributed by atoms with E-state index in [2.05, 4.69) is 21.2 Å². The Morgan fingerprint density at radius 2 is 1.95 bits per heavy atom. The highest BCUT2D eigenvalue weighted by Gasteiger charge is 2.07. The predicted octanol–water partition coefficient (Wildman–Crippen LogP) is 4.03. The van der Waals surface area contributed by atoms with Crippen molar-refractivity contribution in [2.45, 2.75) is 13.2 Å². The van der Waals surface area contributed by atoms with Gasteiger partial charge in [0.1, 0.15) is 12.4 Å². The van der Waals surface area contributed by atoms with Crippen LogP contribution in [0.5, 0.6) is 5.75 Å². The van der Waals surface area contributed by atoms with Crippen LogP contribution in [0.3, 0.4) is 0 Å². The molecule has 2 nitrogen and oxygen atoms in total. The van der Waals surface area contributed by atoms with Gasteiger partial charge in [-0.1, -0.05) is 28.1 Å². The standard InChI is InChI=1S/C15H14BrF2NO/c1-19-8-10-2-3-11(13(16)6-10)9-20-15-7-12(17)4-5-14(15)18/h2-7,19H,8-9H2,1H3. The molecule has 2 aromatic rings. The van der Waals surface area contributed by atoms with Crippen LogP contribution >= 0.6 is 15.9 Å². The maximum absolute atomic E-state index is 13.4. The molecular formula is C15H14BrF2NO. The van der Waals surface area contributed by atoms with Gasteiger partial charge in [-0.05, 0) is 30.8 Å². The Morgan fingerprint density at radius 1 is 1.15 bits per heavy atom. The Morgan fingerprint density at radius 3 is 2.65 bits per heavy atom. The summed E-state index contributed by atoms with van der Waals surface area (Å²) in [5, 5.41) is 3.06. The smallest absolute Gasteiger partial charge is 0.165 e. The van der Waals surface area contributed by atoms with Crippen LogP contribution in [0.4, 0.5) is 8.78 Å². The van der Waals surface area contributed by atoms with Gasteiger partial charge in [0, 0.05) is 22.6 Å². The van der Waals surface area contributed by atoms with E-state index in [0.717, 1.165) is 40.3 Å². The fourth-order valence-electron chi connectivity index (χ4n) is 1.77. The molecule has 106 valence electrons. The molecule has 0 fully saturated rings. The van der Waals surface area contributed by atoms with Gasteiger partial charge in [0.15, 0.2) is 11.6 Å². The van der Waals surface area contributed by atoms with E-state index in [0.29, 0.717) is 0 Å². The van der Waals surface area contributed by atoms with E-state index in [9.17, 15) is 8.78 Å². The Bertz CT molecular complexity index is 604. The van der Waals surface area contributed by atoms with Crippen LogP contribution in [-0.2, 0) is 13.2 Å². The lowest BCUT2D eigenvalue weighted by atomic mass is 10.1. The molecule has 0 aliphatic heterocycles.